The molecule has 0 unspecified atom stereocenters. The van der Waals surface area contributed by atoms with Gasteiger partial charge >= 0.3 is 0 Å². The van der Waals surface area contributed by atoms with Gasteiger partial charge in [-0.15, -0.1) is 0 Å². The first-order valence-electron chi connectivity index (χ1n) is 10.3. The van der Waals surface area contributed by atoms with Crippen LogP contribution in [0.4, 0.5) is 11.5 Å². The Bertz CT molecular complexity index is 1470. The molecule has 0 aliphatic rings. The number of carbonyl (C=O) groups is 1. The normalized spacial score (nSPS) is 11.0. The molecule has 0 fully saturated rings. The van der Waals surface area contributed by atoms with Gasteiger partial charge in [0.05, 0.1) is 22.5 Å². The molecule has 3 N–H and O–H groups in total. The summed E-state index contributed by atoms with van der Waals surface area (Å²) in [6.07, 6.45) is 3.41. The highest BCUT2D eigenvalue weighted by atomic mass is 16.5. The van der Waals surface area contributed by atoms with E-state index in [1.807, 2.05) is 50.2 Å². The molecule has 0 spiro atoms. The first-order chi connectivity index (χ1) is 16.0. The van der Waals surface area contributed by atoms with Crippen LogP contribution < -0.4 is 11.1 Å². The van der Waals surface area contributed by atoms with E-state index in [1.54, 1.807) is 30.6 Å². The summed E-state index contributed by atoms with van der Waals surface area (Å²) in [5.74, 6) is 1.26. The minimum absolute atomic E-state index is 0.370. The monoisotopic (exact) mass is 436 g/mol. The van der Waals surface area contributed by atoms with E-state index in [4.69, 9.17) is 20.2 Å². The Hall–Kier alpha value is -4.59. The Morgan fingerprint density at radius 2 is 1.85 bits per heavy atom. The molecule has 8 nitrogen and oxygen atoms in total. The van der Waals surface area contributed by atoms with Crippen LogP contribution in [-0.2, 0) is 0 Å². The van der Waals surface area contributed by atoms with Crippen LogP contribution in [0.2, 0.25) is 0 Å². The van der Waals surface area contributed by atoms with Gasteiger partial charge in [-0.25, -0.2) is 9.97 Å². The zero-order valence-corrected chi connectivity index (χ0v) is 18.0. The highest BCUT2D eigenvalue weighted by Gasteiger charge is 2.17. The number of primary amides is 1. The van der Waals surface area contributed by atoms with Crippen molar-refractivity contribution in [2.24, 2.45) is 5.73 Å². The van der Waals surface area contributed by atoms with Crippen LogP contribution in [0.15, 0.2) is 71.5 Å². The lowest BCUT2D eigenvalue weighted by Gasteiger charge is -2.14. The van der Waals surface area contributed by atoms with Crippen LogP contribution in [-0.4, -0.2) is 26.0 Å². The van der Waals surface area contributed by atoms with Gasteiger partial charge in [0.2, 0.25) is 0 Å². The number of hydrogen-bond donors (Lipinski definition) is 2. The number of fused-ring (bicyclic) bond motifs is 1. The van der Waals surface area contributed by atoms with Crippen LogP contribution in [0.1, 0.15) is 21.8 Å². The zero-order chi connectivity index (χ0) is 22.9. The van der Waals surface area contributed by atoms with Gasteiger partial charge in [0.15, 0.2) is 5.82 Å². The number of para-hydroxylation sites is 1. The van der Waals surface area contributed by atoms with Crippen LogP contribution in [0.25, 0.3) is 33.4 Å². The van der Waals surface area contributed by atoms with Crippen molar-refractivity contribution < 1.29 is 9.32 Å². The summed E-state index contributed by atoms with van der Waals surface area (Å²) in [5.41, 5.74) is 10.7. The van der Waals surface area contributed by atoms with Crippen molar-refractivity contribution in [3.63, 3.8) is 0 Å². The zero-order valence-electron chi connectivity index (χ0n) is 18.0. The predicted molar refractivity (Wildman–Crippen MR) is 126 cm³/mol. The molecule has 0 saturated carbocycles. The summed E-state index contributed by atoms with van der Waals surface area (Å²) >= 11 is 0. The van der Waals surface area contributed by atoms with Crippen LogP contribution in [0.5, 0.6) is 0 Å². The number of nitrogens with zero attached hydrogens (tertiary/aromatic N) is 4. The number of amides is 1. The molecule has 162 valence electrons. The fourth-order valence-electron chi connectivity index (χ4n) is 3.83. The molecular formula is C25H20N6O2. The molecule has 0 bridgehead atoms. The van der Waals surface area contributed by atoms with E-state index >= 15 is 0 Å². The number of pyridine rings is 1. The second-order valence-electron chi connectivity index (χ2n) is 7.60. The third-order valence-electron chi connectivity index (χ3n) is 5.38. The number of nitrogens with two attached hydrogens (primary N) is 1. The first-order valence-corrected chi connectivity index (χ1v) is 10.3. The number of rotatable bonds is 5. The van der Waals surface area contributed by atoms with Crippen LogP contribution >= 0.6 is 0 Å². The lowest BCUT2D eigenvalue weighted by atomic mass is 10.0. The second-order valence-corrected chi connectivity index (χ2v) is 7.60. The Labute approximate surface area is 189 Å². The number of aryl methyl sites for hydroxylation is 2. The molecule has 5 rings (SSSR count). The minimum atomic E-state index is -0.527. The molecule has 1 amide bonds. The minimum Gasteiger partial charge on any atom is -0.366 e. The molecule has 2 aromatic carbocycles. The van der Waals surface area contributed by atoms with Crippen molar-refractivity contribution in [2.75, 3.05) is 5.32 Å². The van der Waals surface area contributed by atoms with E-state index in [1.165, 1.54) is 0 Å². The summed E-state index contributed by atoms with van der Waals surface area (Å²) in [7, 11) is 0. The van der Waals surface area contributed by atoms with Crippen molar-refractivity contribution in [3.05, 3.63) is 84.0 Å². The highest BCUT2D eigenvalue weighted by Crippen LogP contribution is 2.34. The summed E-state index contributed by atoms with van der Waals surface area (Å²) in [6, 6.07) is 16.7. The van der Waals surface area contributed by atoms with Gasteiger partial charge in [-0.1, -0.05) is 23.4 Å². The quantitative estimate of drug-likeness (QED) is 0.406. The number of carbonyl (C=O) groups excluding carboxylic acids is 1. The molecule has 3 aromatic heterocycles. The average Bonchev–Trinajstić information content (AvgIpc) is 3.17. The maximum atomic E-state index is 12.0. The largest absolute Gasteiger partial charge is 0.366 e. The summed E-state index contributed by atoms with van der Waals surface area (Å²) in [4.78, 5) is 25.7. The van der Waals surface area contributed by atoms with Crippen LogP contribution in [0, 0.1) is 13.8 Å². The maximum absolute atomic E-state index is 12.0. The first kappa shape index (κ1) is 20.3. The van der Waals surface area contributed by atoms with Gasteiger partial charge in [-0.2, -0.15) is 0 Å². The Balaban J connectivity index is 1.73. The summed E-state index contributed by atoms with van der Waals surface area (Å²) < 4.78 is 5.35. The number of nitrogens with one attached hydrogen (secondary N) is 1. The SMILES string of the molecule is Cc1noc(C)c1-c1ccc2nc(-c3cccnc3)nc(Nc3ccccc3C(N)=O)c2c1. The Morgan fingerprint density at radius 3 is 2.58 bits per heavy atom. The predicted octanol–water partition coefficient (Wildman–Crippen LogP) is 4.81. The number of anilines is 2. The van der Waals surface area contributed by atoms with Gasteiger partial charge in [0, 0.05) is 28.9 Å². The van der Waals surface area contributed by atoms with Crippen molar-refractivity contribution in [1.29, 1.82) is 0 Å². The standard InChI is InChI=1S/C25H20N6O2/c1-14-22(15(2)33-31-14)16-9-10-21-19(12-16)25(29-20-8-4-3-7-18(20)23(26)32)30-24(28-21)17-6-5-11-27-13-17/h3-13H,1-2H3,(H2,26,32)(H,28,29,30). The fourth-order valence-corrected chi connectivity index (χ4v) is 3.83. The fraction of sp³-hybridized carbons (Fsp3) is 0.0800. The van der Waals surface area contributed by atoms with Gasteiger partial charge in [-0.05, 0) is 55.8 Å². The van der Waals surface area contributed by atoms with Gasteiger partial charge in [-0.3, -0.25) is 9.78 Å². The molecule has 0 atom stereocenters. The number of benzene rings is 2. The third kappa shape index (κ3) is 3.78. The summed E-state index contributed by atoms with van der Waals surface area (Å²) in [6.45, 7) is 3.78. The van der Waals surface area contributed by atoms with Crippen molar-refractivity contribution >= 4 is 28.3 Å². The van der Waals surface area contributed by atoms with E-state index in [0.29, 0.717) is 22.9 Å². The Kier molecular flexibility index (Phi) is 5.02. The van der Waals surface area contributed by atoms with Gasteiger partial charge in [0.25, 0.3) is 5.91 Å². The van der Waals surface area contributed by atoms with Crippen molar-refractivity contribution in [3.8, 4) is 22.5 Å². The summed E-state index contributed by atoms with van der Waals surface area (Å²) in [5, 5.41) is 8.14. The molecule has 3 heterocycles. The van der Waals surface area contributed by atoms with E-state index in [0.717, 1.165) is 39.0 Å². The third-order valence-corrected chi connectivity index (χ3v) is 5.38. The number of aromatic nitrogens is 4. The van der Waals surface area contributed by atoms with E-state index in [-0.39, 0.29) is 0 Å². The molecule has 33 heavy (non-hydrogen) atoms. The highest BCUT2D eigenvalue weighted by molar-refractivity contribution is 6.01. The van der Waals surface area contributed by atoms with E-state index in [9.17, 15) is 4.79 Å². The topological polar surface area (TPSA) is 120 Å². The lowest BCUT2D eigenvalue weighted by molar-refractivity contribution is 0.100. The van der Waals surface area contributed by atoms with Gasteiger partial charge < -0.3 is 15.6 Å². The molecule has 5 aromatic rings. The average molecular weight is 436 g/mol. The van der Waals surface area contributed by atoms with Crippen molar-refractivity contribution in [2.45, 2.75) is 13.8 Å². The maximum Gasteiger partial charge on any atom is 0.250 e. The van der Waals surface area contributed by atoms with E-state index in [2.05, 4.69) is 15.5 Å². The molecule has 0 saturated heterocycles. The second kappa shape index (κ2) is 8.16. The van der Waals surface area contributed by atoms with E-state index < -0.39 is 5.91 Å². The van der Waals surface area contributed by atoms with Crippen LogP contribution in [0.3, 0.4) is 0 Å². The Morgan fingerprint density at radius 1 is 1.00 bits per heavy atom. The van der Waals surface area contributed by atoms with Gasteiger partial charge in [0.1, 0.15) is 11.6 Å². The molecule has 0 aliphatic carbocycles. The molecule has 0 radical (unpaired) electrons. The lowest BCUT2D eigenvalue weighted by Crippen LogP contribution is -2.13. The number of hydrogen-bond acceptors (Lipinski definition) is 7. The smallest absolute Gasteiger partial charge is 0.250 e. The molecule has 0 aliphatic heterocycles. The van der Waals surface area contributed by atoms with Crippen molar-refractivity contribution in [1.82, 2.24) is 20.1 Å². The molecular weight excluding hydrogens is 416 g/mol. The molecule has 8 heteroatoms.